The highest BCUT2D eigenvalue weighted by Gasteiger charge is 2.34. The maximum Gasteiger partial charge on any atom is 0.418 e. The first kappa shape index (κ1) is 17.4. The molecule has 1 aromatic carbocycles. The van der Waals surface area contributed by atoms with Crippen LogP contribution in [0.15, 0.2) is 36.5 Å². The average molecular weight is 316 g/mol. The van der Waals surface area contributed by atoms with E-state index in [0.29, 0.717) is 0 Å². The van der Waals surface area contributed by atoms with E-state index in [2.05, 4.69) is 4.98 Å². The molecule has 22 heavy (non-hydrogen) atoms. The molecule has 118 valence electrons. The van der Waals surface area contributed by atoms with E-state index in [9.17, 15) is 17.6 Å². The Labute approximate surface area is 123 Å². The number of aromatic nitrogens is 1. The Morgan fingerprint density at radius 3 is 2.18 bits per heavy atom. The number of carboxylic acid groups (broad SMARTS) is 1. The van der Waals surface area contributed by atoms with Crippen LogP contribution < -0.4 is 5.73 Å². The smallest absolute Gasteiger partial charge is 0.418 e. The van der Waals surface area contributed by atoms with Gasteiger partial charge in [0.05, 0.1) is 23.1 Å². The molecule has 0 saturated heterocycles. The molecule has 0 radical (unpaired) electrons. The van der Waals surface area contributed by atoms with Crippen molar-refractivity contribution < 1.29 is 27.5 Å². The third kappa shape index (κ3) is 5.04. The molecule has 0 atom stereocenters. The van der Waals surface area contributed by atoms with Crippen LogP contribution in [0.5, 0.6) is 0 Å². The largest absolute Gasteiger partial charge is 0.481 e. The number of halogens is 4. The van der Waals surface area contributed by atoms with Crippen molar-refractivity contribution >= 4 is 11.7 Å². The van der Waals surface area contributed by atoms with Crippen LogP contribution in [-0.2, 0) is 11.0 Å². The van der Waals surface area contributed by atoms with Crippen LogP contribution in [0, 0.1) is 5.82 Å². The molecule has 3 N–H and O–H groups in total. The van der Waals surface area contributed by atoms with Crippen LogP contribution in [0.2, 0.25) is 0 Å². The SMILES string of the molecule is CC(=O)O.Nc1cnc(-c2ccc(F)cc2)c(C(F)(F)F)c1. The summed E-state index contributed by atoms with van der Waals surface area (Å²) in [6.07, 6.45) is -3.43. The third-order valence-electron chi connectivity index (χ3n) is 2.33. The van der Waals surface area contributed by atoms with Gasteiger partial charge < -0.3 is 10.8 Å². The van der Waals surface area contributed by atoms with Gasteiger partial charge in [-0.3, -0.25) is 9.78 Å². The molecule has 0 saturated carbocycles. The zero-order chi connectivity index (χ0) is 16.9. The zero-order valence-corrected chi connectivity index (χ0v) is 11.4. The molecule has 0 amide bonds. The van der Waals surface area contributed by atoms with E-state index in [1.54, 1.807) is 0 Å². The second-order valence-electron chi connectivity index (χ2n) is 4.19. The summed E-state index contributed by atoms with van der Waals surface area (Å²) < 4.78 is 51.2. The number of nitrogens with zero attached hydrogens (tertiary/aromatic N) is 1. The fourth-order valence-electron chi connectivity index (χ4n) is 1.53. The van der Waals surface area contributed by atoms with Crippen molar-refractivity contribution in [1.29, 1.82) is 0 Å². The van der Waals surface area contributed by atoms with E-state index in [1.807, 2.05) is 0 Å². The lowest BCUT2D eigenvalue weighted by Gasteiger charge is -2.12. The number of anilines is 1. The third-order valence-corrected chi connectivity index (χ3v) is 2.33. The van der Waals surface area contributed by atoms with E-state index in [0.717, 1.165) is 31.3 Å². The molecule has 0 unspecified atom stereocenters. The minimum Gasteiger partial charge on any atom is -0.481 e. The molecule has 0 fully saturated rings. The van der Waals surface area contributed by atoms with Crippen molar-refractivity contribution in [1.82, 2.24) is 4.98 Å². The lowest BCUT2D eigenvalue weighted by molar-refractivity contribution is -0.137. The Balaban J connectivity index is 0.000000541. The van der Waals surface area contributed by atoms with Crippen molar-refractivity contribution in [2.24, 2.45) is 0 Å². The fourth-order valence-corrected chi connectivity index (χ4v) is 1.53. The van der Waals surface area contributed by atoms with Crippen molar-refractivity contribution in [3.63, 3.8) is 0 Å². The van der Waals surface area contributed by atoms with Crippen LogP contribution in [0.25, 0.3) is 11.3 Å². The Bertz CT molecular complexity index is 651. The monoisotopic (exact) mass is 316 g/mol. The quantitative estimate of drug-likeness (QED) is 0.788. The Kier molecular flexibility index (Phi) is 5.44. The topological polar surface area (TPSA) is 76.2 Å². The fraction of sp³-hybridized carbons (Fsp3) is 0.143. The first-order valence-electron chi connectivity index (χ1n) is 5.89. The van der Waals surface area contributed by atoms with Crippen molar-refractivity contribution in [3.05, 3.63) is 47.9 Å². The zero-order valence-electron chi connectivity index (χ0n) is 11.4. The summed E-state index contributed by atoms with van der Waals surface area (Å²) in [5, 5.41) is 7.42. The van der Waals surface area contributed by atoms with Gasteiger partial charge in [0.1, 0.15) is 5.82 Å². The van der Waals surface area contributed by atoms with Crippen LogP contribution in [0.3, 0.4) is 0 Å². The minimum absolute atomic E-state index is 0.0758. The number of nitrogens with two attached hydrogens (primary N) is 1. The number of hydrogen-bond donors (Lipinski definition) is 2. The number of alkyl halides is 3. The summed E-state index contributed by atoms with van der Waals surface area (Å²) in [7, 11) is 0. The summed E-state index contributed by atoms with van der Waals surface area (Å²) in [6, 6.07) is 5.44. The number of nitrogen functional groups attached to an aromatic ring is 1. The molecule has 1 aromatic heterocycles. The Morgan fingerprint density at radius 2 is 1.73 bits per heavy atom. The Hall–Kier alpha value is -2.64. The molecule has 0 spiro atoms. The molecule has 0 aliphatic rings. The molecule has 0 bridgehead atoms. The highest BCUT2D eigenvalue weighted by atomic mass is 19.4. The van der Waals surface area contributed by atoms with E-state index in [1.165, 1.54) is 12.1 Å². The summed E-state index contributed by atoms with van der Waals surface area (Å²) in [5.74, 6) is -1.36. The van der Waals surface area contributed by atoms with Gasteiger partial charge in [0.15, 0.2) is 0 Å². The molecule has 1 heterocycles. The van der Waals surface area contributed by atoms with E-state index >= 15 is 0 Å². The van der Waals surface area contributed by atoms with Gasteiger partial charge in [0.2, 0.25) is 0 Å². The first-order chi connectivity index (χ1) is 10.1. The second kappa shape index (κ2) is 6.88. The summed E-state index contributed by atoms with van der Waals surface area (Å²) >= 11 is 0. The summed E-state index contributed by atoms with van der Waals surface area (Å²) in [6.45, 7) is 1.08. The summed E-state index contributed by atoms with van der Waals surface area (Å²) in [4.78, 5) is 12.7. The number of rotatable bonds is 1. The number of carbonyl (C=O) groups is 1. The van der Waals surface area contributed by atoms with Crippen LogP contribution in [-0.4, -0.2) is 16.1 Å². The number of carboxylic acids is 1. The van der Waals surface area contributed by atoms with E-state index in [-0.39, 0.29) is 16.9 Å². The minimum atomic E-state index is -4.56. The molecule has 0 aliphatic carbocycles. The van der Waals surface area contributed by atoms with Gasteiger partial charge in [-0.25, -0.2) is 4.39 Å². The number of pyridine rings is 1. The molecule has 8 heteroatoms. The highest BCUT2D eigenvalue weighted by Crippen LogP contribution is 2.36. The molecule has 0 aliphatic heterocycles. The highest BCUT2D eigenvalue weighted by molar-refractivity contribution is 5.65. The second-order valence-corrected chi connectivity index (χ2v) is 4.19. The maximum atomic E-state index is 12.8. The molecular weight excluding hydrogens is 304 g/mol. The Morgan fingerprint density at radius 1 is 1.23 bits per heavy atom. The van der Waals surface area contributed by atoms with Crippen LogP contribution in [0.4, 0.5) is 23.2 Å². The van der Waals surface area contributed by atoms with Crippen LogP contribution in [0.1, 0.15) is 12.5 Å². The maximum absolute atomic E-state index is 12.8. The summed E-state index contributed by atoms with van der Waals surface area (Å²) in [5.41, 5.74) is 4.21. The predicted molar refractivity (Wildman–Crippen MR) is 72.4 cm³/mol. The van der Waals surface area contributed by atoms with Crippen molar-refractivity contribution in [2.75, 3.05) is 5.73 Å². The molecular formula is C14H12F4N2O2. The van der Waals surface area contributed by atoms with Crippen molar-refractivity contribution in [2.45, 2.75) is 13.1 Å². The van der Waals surface area contributed by atoms with Crippen LogP contribution >= 0.6 is 0 Å². The van der Waals surface area contributed by atoms with Gasteiger partial charge in [0.25, 0.3) is 5.97 Å². The van der Waals surface area contributed by atoms with Gasteiger partial charge in [0, 0.05) is 12.5 Å². The number of aliphatic carboxylic acids is 1. The first-order valence-corrected chi connectivity index (χ1v) is 5.89. The van der Waals surface area contributed by atoms with Crippen molar-refractivity contribution in [3.8, 4) is 11.3 Å². The average Bonchev–Trinajstić information content (AvgIpc) is 2.38. The number of hydrogen-bond acceptors (Lipinski definition) is 3. The van der Waals surface area contributed by atoms with Gasteiger partial charge in [-0.05, 0) is 30.3 Å². The normalized spacial score (nSPS) is 10.6. The lowest BCUT2D eigenvalue weighted by atomic mass is 10.1. The predicted octanol–water partition coefficient (Wildman–Crippen LogP) is 3.58. The van der Waals surface area contributed by atoms with Gasteiger partial charge in [-0.2, -0.15) is 13.2 Å². The number of benzene rings is 1. The molecule has 2 aromatic rings. The van der Waals surface area contributed by atoms with Gasteiger partial charge in [-0.15, -0.1) is 0 Å². The van der Waals surface area contributed by atoms with E-state index < -0.39 is 23.5 Å². The van der Waals surface area contributed by atoms with Gasteiger partial charge >= 0.3 is 6.18 Å². The lowest BCUT2D eigenvalue weighted by Crippen LogP contribution is -2.09. The van der Waals surface area contributed by atoms with E-state index in [4.69, 9.17) is 15.6 Å². The molecule has 2 rings (SSSR count). The van der Waals surface area contributed by atoms with Gasteiger partial charge in [-0.1, -0.05) is 0 Å². The standard InChI is InChI=1S/C12H8F4N2.C2H4O2/c13-8-3-1-7(2-4-8)11-10(12(14,15)16)5-9(17)6-18-11;1-2(3)4/h1-6H,17H2;1H3,(H,3,4). The molecule has 4 nitrogen and oxygen atoms in total.